The highest BCUT2D eigenvalue weighted by atomic mass is 15.1. The van der Waals surface area contributed by atoms with Crippen molar-refractivity contribution in [1.29, 1.82) is 0 Å². The molecule has 3 aliphatic carbocycles. The minimum absolute atomic E-state index is 1.10. The lowest BCUT2D eigenvalue weighted by atomic mass is 10.00. The second-order valence-electron chi connectivity index (χ2n) is 16.1. The maximum absolute atomic E-state index is 2.37. The van der Waals surface area contributed by atoms with Crippen molar-refractivity contribution < 1.29 is 0 Å². The van der Waals surface area contributed by atoms with Crippen LogP contribution in [0.5, 0.6) is 0 Å². The Morgan fingerprint density at radius 1 is 0.197 bits per heavy atom. The van der Waals surface area contributed by atoms with Crippen LogP contribution in [0.3, 0.4) is 0 Å². The lowest BCUT2D eigenvalue weighted by Gasteiger charge is -2.26. The molecule has 0 amide bonds. The lowest BCUT2D eigenvalue weighted by molar-refractivity contribution is 1.28. The monoisotopic (exact) mass is 773 g/mol. The molecule has 0 heterocycles. The van der Waals surface area contributed by atoms with E-state index in [-0.39, 0.29) is 0 Å². The molecule has 12 rings (SSSR count). The first-order valence-corrected chi connectivity index (χ1v) is 21.1. The Morgan fingerprint density at radius 2 is 0.377 bits per heavy atom. The number of hydrogen-bond donors (Lipinski definition) is 0. The van der Waals surface area contributed by atoms with E-state index in [4.69, 9.17) is 0 Å². The number of benzene rings is 9. The first-order valence-electron chi connectivity index (χ1n) is 21.1. The van der Waals surface area contributed by atoms with Crippen LogP contribution in [-0.2, 0) is 0 Å². The fraction of sp³-hybridized carbons (Fsp3) is 0. The Hall–Kier alpha value is -8.00. The third kappa shape index (κ3) is 5.93. The Bertz CT molecular complexity index is 2770. The van der Waals surface area contributed by atoms with E-state index in [0.717, 1.165) is 17.1 Å². The molecule has 0 atom stereocenters. The van der Waals surface area contributed by atoms with E-state index in [1.54, 1.807) is 0 Å². The van der Waals surface area contributed by atoms with Crippen LogP contribution in [0, 0.1) is 0 Å². The zero-order valence-corrected chi connectivity index (χ0v) is 33.5. The maximum atomic E-state index is 2.37. The summed E-state index contributed by atoms with van der Waals surface area (Å²) in [6.07, 6.45) is 7.01. The summed E-state index contributed by atoms with van der Waals surface area (Å²) in [5.74, 6) is 0. The summed E-state index contributed by atoms with van der Waals surface area (Å²) in [4.78, 5) is 2.37. The van der Waals surface area contributed by atoms with Crippen LogP contribution in [0.15, 0.2) is 218 Å². The van der Waals surface area contributed by atoms with Crippen molar-refractivity contribution in [3.63, 3.8) is 0 Å². The normalized spacial score (nSPS) is 12.5. The highest BCUT2D eigenvalue weighted by Crippen LogP contribution is 2.48. The minimum Gasteiger partial charge on any atom is -0.311 e. The first-order chi connectivity index (χ1) is 30.2. The predicted molar refractivity (Wildman–Crippen MR) is 258 cm³/mol. The summed E-state index contributed by atoms with van der Waals surface area (Å²) in [6, 6.07) is 79.5. The van der Waals surface area contributed by atoms with E-state index in [2.05, 4.69) is 242 Å². The van der Waals surface area contributed by atoms with Crippen molar-refractivity contribution in [1.82, 2.24) is 0 Å². The summed E-state index contributed by atoms with van der Waals surface area (Å²) in [6.45, 7) is 0. The van der Waals surface area contributed by atoms with Crippen molar-refractivity contribution in [2.24, 2.45) is 0 Å². The van der Waals surface area contributed by atoms with Gasteiger partial charge in [0.1, 0.15) is 0 Å². The molecule has 1 nitrogen and oxygen atoms in total. The van der Waals surface area contributed by atoms with Gasteiger partial charge in [-0.05, 0) is 155 Å². The van der Waals surface area contributed by atoms with Crippen LogP contribution in [0.2, 0.25) is 0 Å². The highest BCUT2D eigenvalue weighted by Gasteiger charge is 2.25. The second-order valence-corrected chi connectivity index (χ2v) is 16.1. The average Bonchev–Trinajstić information content (AvgIpc) is 3.94. The molecule has 0 spiro atoms. The van der Waals surface area contributed by atoms with Gasteiger partial charge in [0, 0.05) is 17.1 Å². The van der Waals surface area contributed by atoms with Crippen LogP contribution in [0.4, 0.5) is 17.1 Å². The molecule has 61 heavy (non-hydrogen) atoms. The zero-order valence-electron chi connectivity index (χ0n) is 33.5. The van der Waals surface area contributed by atoms with E-state index in [1.807, 2.05) is 0 Å². The SMILES string of the molecule is C(=C1c2ccccc2-c2ccccc21)c1ccc(N(c2ccc(C=C3c4ccccc4-c4ccccc43)cc2)c2ccc(C=C3c4ccccc4-c4ccccc43)cc2)cc1. The molecule has 0 unspecified atom stereocenters. The molecule has 0 aromatic heterocycles. The zero-order chi connectivity index (χ0) is 40.3. The molecule has 9 aromatic rings. The minimum atomic E-state index is 1.10. The van der Waals surface area contributed by atoms with Crippen molar-refractivity contribution in [2.75, 3.05) is 4.90 Å². The molecule has 0 radical (unpaired) electrons. The fourth-order valence-electron chi connectivity index (χ4n) is 9.72. The summed E-state index contributed by atoms with van der Waals surface area (Å²) < 4.78 is 0. The Balaban J connectivity index is 0.923. The fourth-order valence-corrected chi connectivity index (χ4v) is 9.72. The van der Waals surface area contributed by atoms with Gasteiger partial charge >= 0.3 is 0 Å². The number of nitrogens with zero attached hydrogens (tertiary/aromatic N) is 1. The van der Waals surface area contributed by atoms with E-state index in [1.165, 1.54) is 100 Å². The molecule has 0 saturated heterocycles. The quantitative estimate of drug-likeness (QED) is 0.163. The molecule has 0 saturated carbocycles. The Kier molecular flexibility index (Phi) is 8.25. The topological polar surface area (TPSA) is 3.24 Å². The van der Waals surface area contributed by atoms with Crippen LogP contribution in [-0.4, -0.2) is 0 Å². The molecule has 0 bridgehead atoms. The highest BCUT2D eigenvalue weighted by molar-refractivity contribution is 6.08. The predicted octanol–water partition coefficient (Wildman–Crippen LogP) is 15.9. The molecule has 9 aromatic carbocycles. The van der Waals surface area contributed by atoms with Crippen LogP contribution >= 0.6 is 0 Å². The number of anilines is 3. The van der Waals surface area contributed by atoms with Crippen molar-refractivity contribution in [3.8, 4) is 33.4 Å². The second kappa shape index (κ2) is 14.4. The molecule has 0 aliphatic heterocycles. The van der Waals surface area contributed by atoms with Gasteiger partial charge in [-0.3, -0.25) is 0 Å². The molecule has 1 heteroatoms. The smallest absolute Gasteiger partial charge is 0.0462 e. The van der Waals surface area contributed by atoms with Gasteiger partial charge < -0.3 is 4.90 Å². The van der Waals surface area contributed by atoms with Crippen molar-refractivity contribution in [2.45, 2.75) is 0 Å². The maximum Gasteiger partial charge on any atom is 0.0462 e. The van der Waals surface area contributed by atoms with E-state index < -0.39 is 0 Å². The van der Waals surface area contributed by atoms with Crippen molar-refractivity contribution >= 4 is 52.0 Å². The average molecular weight is 774 g/mol. The van der Waals surface area contributed by atoms with E-state index in [0.29, 0.717) is 0 Å². The third-order valence-electron chi connectivity index (χ3n) is 12.6. The van der Waals surface area contributed by atoms with Gasteiger partial charge in [-0.25, -0.2) is 0 Å². The molecule has 3 aliphatic rings. The lowest BCUT2D eigenvalue weighted by Crippen LogP contribution is -2.09. The summed E-state index contributed by atoms with van der Waals surface area (Å²) in [5, 5.41) is 0. The van der Waals surface area contributed by atoms with Crippen LogP contribution < -0.4 is 4.90 Å². The van der Waals surface area contributed by atoms with E-state index >= 15 is 0 Å². The van der Waals surface area contributed by atoms with Gasteiger partial charge in [-0.1, -0.05) is 182 Å². The molecule has 0 N–H and O–H groups in total. The summed E-state index contributed by atoms with van der Waals surface area (Å²) >= 11 is 0. The van der Waals surface area contributed by atoms with Gasteiger partial charge in [-0.2, -0.15) is 0 Å². The Labute approximate surface area is 357 Å². The summed E-state index contributed by atoms with van der Waals surface area (Å²) in [7, 11) is 0. The van der Waals surface area contributed by atoms with Gasteiger partial charge in [0.15, 0.2) is 0 Å². The third-order valence-corrected chi connectivity index (χ3v) is 12.6. The van der Waals surface area contributed by atoms with E-state index in [9.17, 15) is 0 Å². The van der Waals surface area contributed by atoms with Gasteiger partial charge in [0.25, 0.3) is 0 Å². The first kappa shape index (κ1) is 35.0. The molecular weight excluding hydrogens is 735 g/mol. The largest absolute Gasteiger partial charge is 0.311 e. The van der Waals surface area contributed by atoms with Crippen LogP contribution in [0.25, 0.3) is 68.3 Å². The number of rotatable bonds is 6. The standard InChI is InChI=1S/C60H39N/c1-7-19-52-46(13-1)47-14-2-8-20-53(47)58(52)37-40-25-31-43(32-26-40)61(44-33-27-41(28-34-44)38-59-54-21-9-3-15-48(54)49-16-4-10-22-55(49)59)45-35-29-42(30-36-45)39-60-56-23-11-5-17-50(56)51-18-6-12-24-57(51)60/h1-39H. The number of fused-ring (bicyclic) bond motifs is 9. The van der Waals surface area contributed by atoms with Crippen molar-refractivity contribution in [3.05, 3.63) is 268 Å². The van der Waals surface area contributed by atoms with Crippen LogP contribution in [0.1, 0.15) is 50.1 Å². The molecular formula is C60H39N. The number of hydrogen-bond acceptors (Lipinski definition) is 1. The Morgan fingerprint density at radius 3 is 0.574 bits per heavy atom. The van der Waals surface area contributed by atoms with Gasteiger partial charge in [0.05, 0.1) is 0 Å². The molecule has 0 fully saturated rings. The van der Waals surface area contributed by atoms with Gasteiger partial charge in [-0.15, -0.1) is 0 Å². The van der Waals surface area contributed by atoms with Gasteiger partial charge in [0.2, 0.25) is 0 Å². The summed E-state index contributed by atoms with van der Waals surface area (Å²) in [5.41, 5.74) is 26.1. The molecule has 284 valence electrons.